The first-order valence-corrected chi connectivity index (χ1v) is 30.1. The predicted molar refractivity (Wildman–Crippen MR) is 312 cm³/mol. The lowest BCUT2D eigenvalue weighted by atomic mass is 10.2. The van der Waals surface area contributed by atoms with E-state index in [2.05, 4.69) is 78.6 Å². The lowest BCUT2D eigenvalue weighted by Gasteiger charge is -2.22. The first-order chi connectivity index (χ1) is 37.5. The third kappa shape index (κ3) is 12.5. The number of hydrogen-bond acceptors (Lipinski definition) is 21. The van der Waals surface area contributed by atoms with Gasteiger partial charge in [0.15, 0.2) is 5.16 Å². The van der Waals surface area contributed by atoms with E-state index in [1.54, 1.807) is 62.4 Å². The maximum atomic E-state index is 12.2. The minimum absolute atomic E-state index is 0.110. The molecule has 0 atom stereocenters. The number of aromatic nitrogens is 5. The molecule has 20 nitrogen and oxygen atoms in total. The number of benzene rings is 6. The minimum atomic E-state index is -4.47. The van der Waals surface area contributed by atoms with E-state index in [0.717, 1.165) is 48.7 Å². The molecule has 3 aromatic heterocycles. The zero-order valence-electron chi connectivity index (χ0n) is 43.1. The van der Waals surface area contributed by atoms with Crippen molar-refractivity contribution < 1.29 is 31.0 Å². The number of nitrogens with one attached hydrogen (secondary N) is 2. The first-order valence-electron chi connectivity index (χ1n) is 24.6. The summed E-state index contributed by atoms with van der Waals surface area (Å²) in [6, 6.07) is 32.7. The van der Waals surface area contributed by atoms with Crippen LogP contribution in [0.1, 0.15) is 38.8 Å². The van der Waals surface area contributed by atoms with Gasteiger partial charge in [0, 0.05) is 54.4 Å². The zero-order chi connectivity index (χ0) is 55.3. The SMILES string of the molecule is CCN(CC)c1ccc(N=Nc2ccc(-c3nc4ccc(C)c(S(=O)(=O)O)c4s3)cc2)c(Nc2nc(Nc3cc(N(CC)CC)ccc3N=Nc3ccc(-c4nc5ccc(C)c(S(=O)(=O)O)c5s4)cc3)nc(SCCO)n2)c1. The summed E-state index contributed by atoms with van der Waals surface area (Å²) in [5.41, 5.74) is 8.26. The molecule has 0 aliphatic carbocycles. The number of aliphatic hydroxyl groups is 1. The highest BCUT2D eigenvalue weighted by Gasteiger charge is 2.23. The van der Waals surface area contributed by atoms with E-state index in [1.165, 1.54) is 34.4 Å². The normalized spacial score (nSPS) is 12.1. The first kappa shape index (κ1) is 55.4. The van der Waals surface area contributed by atoms with E-state index in [4.69, 9.17) is 15.0 Å². The number of aryl methyl sites for hydroxylation is 2. The molecule has 78 heavy (non-hydrogen) atoms. The molecule has 0 saturated heterocycles. The average molecular weight is 1140 g/mol. The molecule has 0 saturated carbocycles. The standard InChI is InChI=1S/C53H53N13O7S5/c1-7-65(8-2)37-21-25-39(63-61-35-17-13-33(14-18-35)49-54-41-23-11-31(5)47(45(41)75-49)77(68,69)70)43(29-37)56-51-58-52(60-53(59-51)74-28-27-67)57-44-30-38(66(9-3)10-4)22-26-40(44)64-62-36-19-15-34(16-20-36)50-55-42-24-12-32(6)48(46(42)76-50)78(71,72)73/h11-26,29-30,67H,7-10,27-28H2,1-6H3,(H,68,69,70)(H,71,72,73)(H2,56,57,58,59,60). The van der Waals surface area contributed by atoms with Gasteiger partial charge in [-0.2, -0.15) is 42.0 Å². The topological polar surface area (TPSA) is 273 Å². The largest absolute Gasteiger partial charge is 0.396 e. The highest BCUT2D eigenvalue weighted by molar-refractivity contribution is 7.99. The summed E-state index contributed by atoms with van der Waals surface area (Å²) in [7, 11) is -8.94. The van der Waals surface area contributed by atoms with E-state index in [1.807, 2.05) is 60.7 Å². The van der Waals surface area contributed by atoms with E-state index >= 15 is 0 Å². The Morgan fingerprint density at radius 2 is 0.949 bits per heavy atom. The number of fused-ring (bicyclic) bond motifs is 2. The lowest BCUT2D eigenvalue weighted by Crippen LogP contribution is -2.21. The molecule has 9 aromatic rings. The zero-order valence-corrected chi connectivity index (χ0v) is 47.2. The molecule has 0 unspecified atom stereocenters. The van der Waals surface area contributed by atoms with Crippen molar-refractivity contribution in [3.8, 4) is 21.1 Å². The van der Waals surface area contributed by atoms with Gasteiger partial charge in [0.05, 0.1) is 49.8 Å². The lowest BCUT2D eigenvalue weighted by molar-refractivity contribution is 0.322. The van der Waals surface area contributed by atoms with Crippen molar-refractivity contribution in [1.82, 2.24) is 24.9 Å². The van der Waals surface area contributed by atoms with Gasteiger partial charge in [-0.1, -0.05) is 23.9 Å². The van der Waals surface area contributed by atoms with Gasteiger partial charge in [-0.3, -0.25) is 9.11 Å². The van der Waals surface area contributed by atoms with Crippen molar-refractivity contribution in [2.24, 2.45) is 20.5 Å². The highest BCUT2D eigenvalue weighted by Crippen LogP contribution is 2.40. The van der Waals surface area contributed by atoms with Crippen molar-refractivity contribution in [2.75, 3.05) is 59.0 Å². The quantitative estimate of drug-likeness (QED) is 0.0254. The molecular formula is C53H53N13O7S5. The van der Waals surface area contributed by atoms with Gasteiger partial charge in [0.2, 0.25) is 11.9 Å². The Labute approximate surface area is 463 Å². The summed E-state index contributed by atoms with van der Waals surface area (Å²) in [5.74, 6) is 0.700. The molecule has 402 valence electrons. The molecule has 0 amide bonds. The Hall–Kier alpha value is -7.36. The number of hydrogen-bond donors (Lipinski definition) is 5. The fourth-order valence-electron chi connectivity index (χ4n) is 8.49. The van der Waals surface area contributed by atoms with Gasteiger partial charge in [-0.25, -0.2) is 9.97 Å². The summed E-state index contributed by atoms with van der Waals surface area (Å²) < 4.78 is 69.6. The molecule has 3 heterocycles. The van der Waals surface area contributed by atoms with E-state index in [9.17, 15) is 31.0 Å². The average Bonchev–Trinajstić information content (AvgIpc) is 4.10. The van der Waals surface area contributed by atoms with Crippen molar-refractivity contribution in [1.29, 1.82) is 0 Å². The number of aliphatic hydroxyl groups excluding tert-OH is 1. The molecule has 0 fully saturated rings. The summed E-state index contributed by atoms with van der Waals surface area (Å²) in [5, 5.41) is 36.6. The van der Waals surface area contributed by atoms with Gasteiger partial charge in [-0.05, 0) is 150 Å². The molecule has 0 radical (unpaired) electrons. The number of azo groups is 2. The van der Waals surface area contributed by atoms with Gasteiger partial charge in [-0.15, -0.1) is 32.9 Å². The van der Waals surface area contributed by atoms with Crippen molar-refractivity contribution in [3.63, 3.8) is 0 Å². The van der Waals surface area contributed by atoms with Crippen LogP contribution in [0.25, 0.3) is 41.6 Å². The number of anilines is 6. The van der Waals surface area contributed by atoms with E-state index in [-0.39, 0.29) is 28.3 Å². The number of rotatable bonds is 21. The highest BCUT2D eigenvalue weighted by atomic mass is 32.2. The van der Waals surface area contributed by atoms with Gasteiger partial charge < -0.3 is 25.5 Å². The number of thioether (sulfide) groups is 1. The van der Waals surface area contributed by atoms with Crippen molar-refractivity contribution in [3.05, 3.63) is 120 Å². The Kier molecular flexibility index (Phi) is 16.8. The molecular weight excluding hydrogens is 1090 g/mol. The van der Waals surface area contributed by atoms with Crippen LogP contribution in [-0.4, -0.2) is 94.5 Å². The second-order valence-electron chi connectivity index (χ2n) is 17.4. The smallest absolute Gasteiger partial charge is 0.296 e. The molecule has 9 rings (SSSR count). The van der Waals surface area contributed by atoms with Crippen LogP contribution in [0.5, 0.6) is 0 Å². The van der Waals surface area contributed by atoms with Gasteiger partial charge in [0.1, 0.15) is 31.2 Å². The minimum Gasteiger partial charge on any atom is -0.396 e. The fraction of sp³-hybridized carbons (Fsp3) is 0.226. The van der Waals surface area contributed by atoms with Gasteiger partial charge in [0.25, 0.3) is 20.2 Å². The Bertz CT molecular complexity index is 3710. The Balaban J connectivity index is 1.01. The number of thiazole rings is 2. The van der Waals surface area contributed by atoms with Crippen LogP contribution in [0.15, 0.2) is 145 Å². The van der Waals surface area contributed by atoms with Crippen molar-refractivity contribution >= 4 is 133 Å². The maximum absolute atomic E-state index is 12.2. The molecule has 0 aliphatic rings. The summed E-state index contributed by atoms with van der Waals surface area (Å²) in [4.78, 5) is 27.7. The molecule has 6 aromatic carbocycles. The van der Waals surface area contributed by atoms with Crippen LogP contribution in [0.2, 0.25) is 0 Å². The molecule has 25 heteroatoms. The van der Waals surface area contributed by atoms with Crippen LogP contribution < -0.4 is 20.4 Å². The van der Waals surface area contributed by atoms with Crippen molar-refractivity contribution in [2.45, 2.75) is 56.5 Å². The van der Waals surface area contributed by atoms with Crippen LogP contribution in [-0.2, 0) is 20.2 Å². The summed E-state index contributed by atoms with van der Waals surface area (Å²) >= 11 is 3.61. The van der Waals surface area contributed by atoms with Crippen LogP contribution in [0, 0.1) is 13.8 Å². The summed E-state index contributed by atoms with van der Waals surface area (Å²) in [6.45, 7) is 14.4. The molecule has 0 aliphatic heterocycles. The summed E-state index contributed by atoms with van der Waals surface area (Å²) in [6.07, 6.45) is 0. The fourth-order valence-corrected chi connectivity index (χ4v) is 13.7. The number of nitrogens with zero attached hydrogens (tertiary/aromatic N) is 11. The maximum Gasteiger partial charge on any atom is 0.296 e. The van der Waals surface area contributed by atoms with Gasteiger partial charge >= 0.3 is 0 Å². The molecule has 0 spiro atoms. The third-order valence-electron chi connectivity index (χ3n) is 12.4. The Morgan fingerprint density at radius 1 is 0.538 bits per heavy atom. The second kappa shape index (κ2) is 23.7. The third-order valence-corrected chi connectivity index (χ3v) is 17.8. The van der Waals surface area contributed by atoms with E-state index < -0.39 is 20.2 Å². The monoisotopic (exact) mass is 1140 g/mol. The Morgan fingerprint density at radius 3 is 1.32 bits per heavy atom. The predicted octanol–water partition coefficient (Wildman–Crippen LogP) is 13.6. The molecule has 0 bridgehead atoms. The van der Waals surface area contributed by atoms with Crippen LogP contribution in [0.3, 0.4) is 0 Å². The van der Waals surface area contributed by atoms with Crippen LogP contribution >= 0.6 is 34.4 Å². The second-order valence-corrected chi connectivity index (χ2v) is 23.2. The molecule has 5 N–H and O–H groups in total. The van der Waals surface area contributed by atoms with E-state index in [0.29, 0.717) is 86.6 Å². The van der Waals surface area contributed by atoms with Crippen LogP contribution in [0.4, 0.5) is 57.4 Å².